The van der Waals surface area contributed by atoms with Gasteiger partial charge in [0.05, 0.1) is 16.9 Å². The van der Waals surface area contributed by atoms with Crippen LogP contribution in [0.25, 0.3) is 0 Å². The monoisotopic (exact) mass is 370 g/mol. The summed E-state index contributed by atoms with van der Waals surface area (Å²) < 4.78 is 39.9. The molecule has 0 saturated heterocycles. The van der Waals surface area contributed by atoms with E-state index in [1.807, 2.05) is 0 Å². The number of benzene rings is 1. The Kier molecular flexibility index (Phi) is 5.55. The van der Waals surface area contributed by atoms with Crippen LogP contribution in [0.4, 0.5) is 18.9 Å². The number of rotatable bonds is 5. The summed E-state index contributed by atoms with van der Waals surface area (Å²) in [6.07, 6.45) is -5.40. The SMILES string of the molecule is NC(CC(=O)O)C(=O)Nc1ccc(OC(F)(F)F)c(Br)c1. The maximum absolute atomic E-state index is 12.1. The first-order valence-corrected chi connectivity index (χ1v) is 6.21. The molecule has 1 aromatic rings. The summed E-state index contributed by atoms with van der Waals surface area (Å²) in [5.74, 6) is -2.49. The fraction of sp³-hybridized carbons (Fsp3) is 0.273. The first-order valence-electron chi connectivity index (χ1n) is 5.42. The summed E-state index contributed by atoms with van der Waals surface area (Å²) in [6.45, 7) is 0. The van der Waals surface area contributed by atoms with Gasteiger partial charge < -0.3 is 20.9 Å². The average molecular weight is 371 g/mol. The maximum Gasteiger partial charge on any atom is 0.573 e. The van der Waals surface area contributed by atoms with Crippen molar-refractivity contribution in [2.75, 3.05) is 5.32 Å². The molecule has 4 N–H and O–H groups in total. The summed E-state index contributed by atoms with van der Waals surface area (Å²) >= 11 is 2.87. The van der Waals surface area contributed by atoms with Crippen molar-refractivity contribution >= 4 is 33.5 Å². The van der Waals surface area contributed by atoms with E-state index in [2.05, 4.69) is 26.0 Å². The van der Waals surface area contributed by atoms with Gasteiger partial charge in [0.25, 0.3) is 0 Å². The summed E-state index contributed by atoms with van der Waals surface area (Å²) in [5.41, 5.74) is 5.48. The number of carboxylic acid groups (broad SMARTS) is 1. The van der Waals surface area contributed by atoms with E-state index in [9.17, 15) is 22.8 Å². The van der Waals surface area contributed by atoms with Crippen LogP contribution in [0.5, 0.6) is 5.75 Å². The third-order valence-corrected chi connectivity index (χ3v) is 2.78. The number of aliphatic carboxylic acids is 1. The lowest BCUT2D eigenvalue weighted by molar-refractivity contribution is -0.274. The zero-order valence-corrected chi connectivity index (χ0v) is 11.9. The Balaban J connectivity index is 2.76. The van der Waals surface area contributed by atoms with Gasteiger partial charge in [0.1, 0.15) is 5.75 Å². The normalized spacial score (nSPS) is 12.6. The molecule has 10 heteroatoms. The van der Waals surface area contributed by atoms with Gasteiger partial charge in [-0.2, -0.15) is 0 Å². The minimum absolute atomic E-state index is 0.0376. The van der Waals surface area contributed by atoms with Gasteiger partial charge in [-0.1, -0.05) is 0 Å². The Bertz CT molecular complexity index is 551. The second kappa shape index (κ2) is 6.76. The molecule has 116 valence electrons. The Morgan fingerprint density at radius 3 is 2.52 bits per heavy atom. The molecule has 0 spiro atoms. The van der Waals surface area contributed by atoms with Gasteiger partial charge >= 0.3 is 12.3 Å². The Morgan fingerprint density at radius 1 is 1.43 bits per heavy atom. The average Bonchev–Trinajstić information content (AvgIpc) is 2.30. The Labute approximate surface area is 125 Å². The van der Waals surface area contributed by atoms with Gasteiger partial charge in [-0.3, -0.25) is 9.59 Å². The number of hydrogen-bond acceptors (Lipinski definition) is 4. The van der Waals surface area contributed by atoms with Crippen molar-refractivity contribution in [3.05, 3.63) is 22.7 Å². The molecule has 21 heavy (non-hydrogen) atoms. The second-order valence-electron chi connectivity index (χ2n) is 3.89. The molecule has 0 heterocycles. The lowest BCUT2D eigenvalue weighted by atomic mass is 10.2. The number of nitrogens with two attached hydrogens (primary N) is 1. The molecule has 1 amide bonds. The fourth-order valence-corrected chi connectivity index (χ4v) is 1.76. The van der Waals surface area contributed by atoms with Gasteiger partial charge in [0, 0.05) is 5.69 Å². The molecule has 6 nitrogen and oxygen atoms in total. The van der Waals surface area contributed by atoms with Crippen LogP contribution in [0.3, 0.4) is 0 Å². The van der Waals surface area contributed by atoms with Crippen LogP contribution in [0.15, 0.2) is 22.7 Å². The van der Waals surface area contributed by atoms with Crippen molar-refractivity contribution in [3.8, 4) is 5.75 Å². The molecule has 0 aliphatic rings. The predicted molar refractivity (Wildman–Crippen MR) is 69.7 cm³/mol. The van der Waals surface area contributed by atoms with Crippen molar-refractivity contribution in [2.45, 2.75) is 18.8 Å². The molecule has 0 aromatic heterocycles. The van der Waals surface area contributed by atoms with Crippen molar-refractivity contribution in [1.82, 2.24) is 0 Å². The number of ether oxygens (including phenoxy) is 1. The van der Waals surface area contributed by atoms with Gasteiger partial charge in [-0.05, 0) is 34.1 Å². The van der Waals surface area contributed by atoms with Crippen molar-refractivity contribution in [1.29, 1.82) is 0 Å². The van der Waals surface area contributed by atoms with Crippen LogP contribution in [0.1, 0.15) is 6.42 Å². The lowest BCUT2D eigenvalue weighted by Crippen LogP contribution is -2.37. The van der Waals surface area contributed by atoms with E-state index in [0.29, 0.717) is 0 Å². The Hall–Kier alpha value is -1.81. The van der Waals surface area contributed by atoms with Crippen molar-refractivity contribution in [3.63, 3.8) is 0 Å². The van der Waals surface area contributed by atoms with E-state index >= 15 is 0 Å². The van der Waals surface area contributed by atoms with E-state index in [-0.39, 0.29) is 10.2 Å². The molecule has 1 aromatic carbocycles. The first kappa shape index (κ1) is 17.2. The third-order valence-electron chi connectivity index (χ3n) is 2.16. The minimum atomic E-state index is -4.84. The maximum atomic E-state index is 12.1. The third kappa shape index (κ3) is 6.00. The number of carbonyl (C=O) groups is 2. The Morgan fingerprint density at radius 2 is 2.05 bits per heavy atom. The first-order chi connectivity index (χ1) is 9.58. The summed E-state index contributed by atoms with van der Waals surface area (Å²) in [7, 11) is 0. The van der Waals surface area contributed by atoms with E-state index in [1.54, 1.807) is 0 Å². The summed E-state index contributed by atoms with van der Waals surface area (Å²) in [4.78, 5) is 22.0. The highest BCUT2D eigenvalue weighted by Gasteiger charge is 2.32. The van der Waals surface area contributed by atoms with Gasteiger partial charge in [0.15, 0.2) is 0 Å². The van der Waals surface area contributed by atoms with Crippen LogP contribution in [-0.2, 0) is 9.59 Å². The van der Waals surface area contributed by atoms with Gasteiger partial charge in [0.2, 0.25) is 5.91 Å². The molecule has 0 radical (unpaired) electrons. The minimum Gasteiger partial charge on any atom is -0.481 e. The number of anilines is 1. The molecule has 1 unspecified atom stereocenters. The molecular formula is C11H10BrF3N2O4. The van der Waals surface area contributed by atoms with E-state index < -0.39 is 36.5 Å². The zero-order valence-electron chi connectivity index (χ0n) is 10.3. The molecule has 0 fully saturated rings. The second-order valence-corrected chi connectivity index (χ2v) is 4.74. The highest BCUT2D eigenvalue weighted by Crippen LogP contribution is 2.32. The quantitative estimate of drug-likeness (QED) is 0.736. The summed E-state index contributed by atoms with van der Waals surface area (Å²) in [5, 5.41) is 10.8. The van der Waals surface area contributed by atoms with Crippen LogP contribution < -0.4 is 15.8 Å². The van der Waals surface area contributed by atoms with Crippen LogP contribution in [-0.4, -0.2) is 29.4 Å². The molecular weight excluding hydrogens is 361 g/mol. The van der Waals surface area contributed by atoms with Crippen molar-refractivity contribution < 1.29 is 32.6 Å². The number of nitrogens with one attached hydrogen (secondary N) is 1. The van der Waals surface area contributed by atoms with E-state index in [4.69, 9.17) is 10.8 Å². The number of alkyl halides is 3. The number of halogens is 4. The number of carboxylic acids is 1. The summed E-state index contributed by atoms with van der Waals surface area (Å²) in [6, 6.07) is 2.06. The van der Waals surface area contributed by atoms with E-state index in [1.165, 1.54) is 6.07 Å². The molecule has 0 aliphatic carbocycles. The standard InChI is InChI=1S/C11H10BrF3N2O4/c12-6-3-5(1-2-8(6)21-11(13,14)15)17-10(20)7(16)4-9(18)19/h1-3,7H,4,16H2,(H,17,20)(H,18,19). The van der Waals surface area contributed by atoms with Gasteiger partial charge in [-0.25, -0.2) is 0 Å². The van der Waals surface area contributed by atoms with Crippen molar-refractivity contribution in [2.24, 2.45) is 5.73 Å². The smallest absolute Gasteiger partial charge is 0.481 e. The number of hydrogen-bond donors (Lipinski definition) is 3. The highest BCUT2D eigenvalue weighted by atomic mass is 79.9. The van der Waals surface area contributed by atoms with Gasteiger partial charge in [-0.15, -0.1) is 13.2 Å². The number of carbonyl (C=O) groups excluding carboxylic acids is 1. The molecule has 1 rings (SSSR count). The van der Waals surface area contributed by atoms with E-state index in [0.717, 1.165) is 12.1 Å². The van der Waals surface area contributed by atoms with Crippen LogP contribution in [0, 0.1) is 0 Å². The van der Waals surface area contributed by atoms with Crippen LogP contribution >= 0.6 is 15.9 Å². The fourth-order valence-electron chi connectivity index (χ4n) is 1.30. The molecule has 0 aliphatic heterocycles. The number of amides is 1. The van der Waals surface area contributed by atoms with Crippen LogP contribution in [0.2, 0.25) is 0 Å². The largest absolute Gasteiger partial charge is 0.573 e. The topological polar surface area (TPSA) is 102 Å². The zero-order chi connectivity index (χ0) is 16.2. The lowest BCUT2D eigenvalue weighted by Gasteiger charge is -2.13. The molecule has 0 saturated carbocycles. The highest BCUT2D eigenvalue weighted by molar-refractivity contribution is 9.10. The predicted octanol–water partition coefficient (Wildman–Crippen LogP) is 2.09. The molecule has 1 atom stereocenters. The molecule has 0 bridgehead atoms.